The van der Waals surface area contributed by atoms with Gasteiger partial charge in [-0.1, -0.05) is 11.6 Å². The average molecular weight is 269 g/mol. The standard InChI is InChI=1S/C11H9ClN2O2S/c12-10-2-1-7(13)3-9(10)11(15)16-5-8-4-14-6-17-8/h1-4,6H,5,13H2. The summed E-state index contributed by atoms with van der Waals surface area (Å²) >= 11 is 7.31. The molecule has 0 bridgehead atoms. The molecule has 17 heavy (non-hydrogen) atoms. The predicted octanol–water partition coefficient (Wildman–Crippen LogP) is 2.74. The molecule has 88 valence electrons. The second kappa shape index (κ2) is 5.16. The number of carbonyl (C=O) groups is 1. The highest BCUT2D eigenvalue weighted by atomic mass is 35.5. The number of anilines is 1. The lowest BCUT2D eigenvalue weighted by Crippen LogP contribution is -2.06. The molecule has 1 aromatic carbocycles. The molecule has 0 saturated heterocycles. The van der Waals surface area contributed by atoms with Crippen LogP contribution >= 0.6 is 22.9 Å². The third-order valence-electron chi connectivity index (χ3n) is 2.04. The van der Waals surface area contributed by atoms with E-state index in [0.29, 0.717) is 10.7 Å². The van der Waals surface area contributed by atoms with Crippen molar-refractivity contribution in [2.45, 2.75) is 6.61 Å². The zero-order valence-corrected chi connectivity index (χ0v) is 10.3. The molecule has 2 rings (SSSR count). The van der Waals surface area contributed by atoms with Crippen LogP contribution in [0, 0.1) is 0 Å². The van der Waals surface area contributed by atoms with Gasteiger partial charge in [-0.05, 0) is 18.2 Å². The number of ether oxygens (including phenoxy) is 1. The number of carbonyl (C=O) groups excluding carboxylic acids is 1. The summed E-state index contributed by atoms with van der Waals surface area (Å²) in [4.78, 5) is 16.5. The van der Waals surface area contributed by atoms with Crippen molar-refractivity contribution in [1.82, 2.24) is 4.98 Å². The van der Waals surface area contributed by atoms with Crippen LogP contribution in [-0.4, -0.2) is 11.0 Å². The molecule has 0 aliphatic rings. The fourth-order valence-corrected chi connectivity index (χ4v) is 1.93. The van der Waals surface area contributed by atoms with Crippen LogP contribution in [0.2, 0.25) is 5.02 Å². The highest BCUT2D eigenvalue weighted by Crippen LogP contribution is 2.20. The summed E-state index contributed by atoms with van der Waals surface area (Å²) < 4.78 is 5.10. The van der Waals surface area contributed by atoms with Gasteiger partial charge in [0.25, 0.3) is 0 Å². The van der Waals surface area contributed by atoms with Crippen LogP contribution < -0.4 is 5.73 Å². The summed E-state index contributed by atoms with van der Waals surface area (Å²) in [6.45, 7) is 0.189. The lowest BCUT2D eigenvalue weighted by molar-refractivity contribution is 0.0477. The topological polar surface area (TPSA) is 65.2 Å². The summed E-state index contributed by atoms with van der Waals surface area (Å²) in [6, 6.07) is 4.69. The van der Waals surface area contributed by atoms with E-state index in [1.54, 1.807) is 23.8 Å². The molecule has 1 aromatic heterocycles. The molecule has 0 radical (unpaired) electrons. The summed E-state index contributed by atoms with van der Waals surface area (Å²) in [6.07, 6.45) is 1.65. The zero-order valence-electron chi connectivity index (χ0n) is 8.72. The second-order valence-corrected chi connectivity index (χ2v) is 4.66. The molecule has 0 aliphatic carbocycles. The molecule has 4 nitrogen and oxygen atoms in total. The van der Waals surface area contributed by atoms with E-state index in [0.717, 1.165) is 4.88 Å². The maximum absolute atomic E-state index is 11.7. The van der Waals surface area contributed by atoms with E-state index in [1.807, 2.05) is 0 Å². The Kier molecular flexibility index (Phi) is 3.61. The van der Waals surface area contributed by atoms with Crippen molar-refractivity contribution >= 4 is 34.6 Å². The number of rotatable bonds is 3. The van der Waals surface area contributed by atoms with E-state index in [-0.39, 0.29) is 12.2 Å². The fraction of sp³-hybridized carbons (Fsp3) is 0.0909. The van der Waals surface area contributed by atoms with Crippen molar-refractivity contribution in [2.24, 2.45) is 0 Å². The van der Waals surface area contributed by atoms with Gasteiger partial charge in [0.15, 0.2) is 0 Å². The maximum atomic E-state index is 11.7. The van der Waals surface area contributed by atoms with E-state index in [2.05, 4.69) is 4.98 Å². The Morgan fingerprint density at radius 1 is 1.53 bits per heavy atom. The summed E-state index contributed by atoms with van der Waals surface area (Å²) in [7, 11) is 0. The van der Waals surface area contributed by atoms with Gasteiger partial charge < -0.3 is 10.5 Å². The highest BCUT2D eigenvalue weighted by molar-refractivity contribution is 7.09. The van der Waals surface area contributed by atoms with Crippen molar-refractivity contribution in [2.75, 3.05) is 5.73 Å². The van der Waals surface area contributed by atoms with Crippen molar-refractivity contribution in [3.05, 3.63) is 45.4 Å². The number of nitrogens with zero attached hydrogens (tertiary/aromatic N) is 1. The Balaban J connectivity index is 2.07. The third kappa shape index (κ3) is 2.95. The molecule has 0 spiro atoms. The minimum absolute atomic E-state index is 0.189. The molecule has 0 aliphatic heterocycles. The minimum atomic E-state index is -0.490. The number of esters is 1. The van der Waals surface area contributed by atoms with Crippen LogP contribution in [0.25, 0.3) is 0 Å². The lowest BCUT2D eigenvalue weighted by atomic mass is 10.2. The van der Waals surface area contributed by atoms with Crippen molar-refractivity contribution < 1.29 is 9.53 Å². The molecule has 0 unspecified atom stereocenters. The van der Waals surface area contributed by atoms with Crippen molar-refractivity contribution in [3.63, 3.8) is 0 Å². The highest BCUT2D eigenvalue weighted by Gasteiger charge is 2.12. The number of hydrogen-bond acceptors (Lipinski definition) is 5. The van der Waals surface area contributed by atoms with Crippen LogP contribution in [0.4, 0.5) is 5.69 Å². The van der Waals surface area contributed by atoms with Gasteiger partial charge in [-0.15, -0.1) is 11.3 Å². The molecule has 2 N–H and O–H groups in total. The van der Waals surface area contributed by atoms with Crippen LogP contribution in [0.15, 0.2) is 29.9 Å². The molecule has 1 heterocycles. The largest absolute Gasteiger partial charge is 0.456 e. The number of aromatic nitrogens is 1. The van der Waals surface area contributed by atoms with Crippen LogP contribution in [0.5, 0.6) is 0 Å². The lowest BCUT2D eigenvalue weighted by Gasteiger charge is -2.05. The van der Waals surface area contributed by atoms with Gasteiger partial charge in [0, 0.05) is 11.9 Å². The number of nitrogen functional groups attached to an aromatic ring is 1. The van der Waals surface area contributed by atoms with E-state index >= 15 is 0 Å². The van der Waals surface area contributed by atoms with E-state index in [9.17, 15) is 4.79 Å². The van der Waals surface area contributed by atoms with Crippen LogP contribution in [0.1, 0.15) is 15.2 Å². The normalized spacial score (nSPS) is 10.2. The SMILES string of the molecule is Nc1ccc(Cl)c(C(=O)OCc2cncs2)c1. The number of benzene rings is 1. The average Bonchev–Trinajstić information content (AvgIpc) is 2.82. The molecule has 0 amide bonds. The summed E-state index contributed by atoms with van der Waals surface area (Å²) in [5.74, 6) is -0.490. The number of nitrogens with two attached hydrogens (primary N) is 1. The smallest absolute Gasteiger partial charge is 0.340 e. The first-order chi connectivity index (χ1) is 8.16. The number of hydrogen-bond donors (Lipinski definition) is 1. The van der Waals surface area contributed by atoms with Crippen molar-refractivity contribution in [1.29, 1.82) is 0 Å². The van der Waals surface area contributed by atoms with Gasteiger partial charge in [-0.3, -0.25) is 4.98 Å². The van der Waals surface area contributed by atoms with Gasteiger partial charge in [-0.25, -0.2) is 4.79 Å². The maximum Gasteiger partial charge on any atom is 0.340 e. The number of halogens is 1. The van der Waals surface area contributed by atoms with Gasteiger partial charge >= 0.3 is 5.97 Å². The van der Waals surface area contributed by atoms with Gasteiger partial charge in [-0.2, -0.15) is 0 Å². The van der Waals surface area contributed by atoms with Crippen LogP contribution in [-0.2, 0) is 11.3 Å². The Hall–Kier alpha value is -1.59. The van der Waals surface area contributed by atoms with E-state index < -0.39 is 5.97 Å². The molecular weight excluding hydrogens is 260 g/mol. The van der Waals surface area contributed by atoms with E-state index in [1.165, 1.54) is 17.4 Å². The minimum Gasteiger partial charge on any atom is -0.456 e. The van der Waals surface area contributed by atoms with Gasteiger partial charge in [0.2, 0.25) is 0 Å². The third-order valence-corrected chi connectivity index (χ3v) is 3.12. The molecule has 2 aromatic rings. The Labute approximate surface area is 107 Å². The van der Waals surface area contributed by atoms with Crippen molar-refractivity contribution in [3.8, 4) is 0 Å². The van der Waals surface area contributed by atoms with Crippen LogP contribution in [0.3, 0.4) is 0 Å². The summed E-state index contributed by atoms with van der Waals surface area (Å²) in [5.41, 5.74) is 8.00. The molecule has 6 heteroatoms. The molecule has 0 saturated carbocycles. The Bertz CT molecular complexity index is 528. The summed E-state index contributed by atoms with van der Waals surface area (Å²) in [5, 5.41) is 0.327. The molecule has 0 atom stereocenters. The molecule has 0 fully saturated rings. The monoisotopic (exact) mass is 268 g/mol. The quantitative estimate of drug-likeness (QED) is 0.687. The fourth-order valence-electron chi connectivity index (χ4n) is 1.23. The molecular formula is C11H9ClN2O2S. The van der Waals surface area contributed by atoms with Gasteiger partial charge in [0.1, 0.15) is 6.61 Å². The van der Waals surface area contributed by atoms with Gasteiger partial charge in [0.05, 0.1) is 21.0 Å². The second-order valence-electron chi connectivity index (χ2n) is 3.28. The Morgan fingerprint density at radius 2 is 2.35 bits per heavy atom. The van der Waals surface area contributed by atoms with E-state index in [4.69, 9.17) is 22.1 Å². The number of thiazole rings is 1. The Morgan fingerprint density at radius 3 is 3.06 bits per heavy atom. The first-order valence-corrected chi connectivity index (χ1v) is 6.02. The predicted molar refractivity (Wildman–Crippen MR) is 67.1 cm³/mol. The zero-order chi connectivity index (χ0) is 12.3. The first kappa shape index (κ1) is 11.9. The first-order valence-electron chi connectivity index (χ1n) is 4.76.